The predicted octanol–water partition coefficient (Wildman–Crippen LogP) is 1.72. The van der Waals surface area contributed by atoms with Crippen LogP contribution in [0.15, 0.2) is 9.72 Å². The number of carbonyl (C=O) groups is 1. The Kier molecular flexibility index (Phi) is 6.28. The third-order valence-corrected chi connectivity index (χ3v) is 5.03. The zero-order chi connectivity index (χ0) is 14.4. The van der Waals surface area contributed by atoms with Crippen LogP contribution in [-0.4, -0.2) is 49.1 Å². The summed E-state index contributed by atoms with van der Waals surface area (Å²) in [5.74, 6) is 0.967. The van der Waals surface area contributed by atoms with Crippen LogP contribution in [0, 0.1) is 0 Å². The highest BCUT2D eigenvalue weighted by molar-refractivity contribution is 8.00. The van der Waals surface area contributed by atoms with Crippen molar-refractivity contribution >= 4 is 29.0 Å². The standard InChI is InChI=1S/C13H20N2O3S2/c1-3-19-13-14-9(8-20-13)6-12(16)15-10-7-18-5-4-11(10)17-2/h8,10-11H,3-7H2,1-2H3,(H,15,16)/t10-,11-/m1/s1. The summed E-state index contributed by atoms with van der Waals surface area (Å²) < 4.78 is 11.8. The van der Waals surface area contributed by atoms with Crippen molar-refractivity contribution in [1.29, 1.82) is 0 Å². The van der Waals surface area contributed by atoms with Gasteiger partial charge in [-0.15, -0.1) is 11.3 Å². The monoisotopic (exact) mass is 316 g/mol. The molecule has 2 rings (SSSR count). The van der Waals surface area contributed by atoms with Gasteiger partial charge in [-0.3, -0.25) is 4.79 Å². The SMILES string of the molecule is CCSc1nc(CC(=O)N[C@@H]2COCC[C@H]2OC)cs1. The van der Waals surface area contributed by atoms with Gasteiger partial charge >= 0.3 is 0 Å². The Morgan fingerprint density at radius 2 is 2.55 bits per heavy atom. The molecular weight excluding hydrogens is 296 g/mol. The Bertz CT molecular complexity index is 439. The molecule has 0 aliphatic carbocycles. The minimum absolute atomic E-state index is 0.0269. The van der Waals surface area contributed by atoms with Crippen molar-refractivity contribution in [2.75, 3.05) is 26.1 Å². The number of thioether (sulfide) groups is 1. The van der Waals surface area contributed by atoms with Gasteiger partial charge in [-0.1, -0.05) is 18.7 Å². The fourth-order valence-electron chi connectivity index (χ4n) is 2.12. The van der Waals surface area contributed by atoms with Gasteiger partial charge in [0.15, 0.2) is 0 Å². The molecule has 0 spiro atoms. The molecule has 1 aliphatic rings. The van der Waals surface area contributed by atoms with Crippen molar-refractivity contribution in [1.82, 2.24) is 10.3 Å². The van der Waals surface area contributed by atoms with Gasteiger partial charge in [0.25, 0.3) is 0 Å². The third-order valence-electron chi connectivity index (χ3n) is 3.08. The predicted molar refractivity (Wildman–Crippen MR) is 80.4 cm³/mol. The first-order valence-electron chi connectivity index (χ1n) is 6.70. The lowest BCUT2D eigenvalue weighted by molar-refractivity contribution is -0.124. The molecule has 2 heterocycles. The molecule has 1 aromatic heterocycles. The molecule has 0 bridgehead atoms. The molecule has 0 saturated carbocycles. The maximum Gasteiger partial charge on any atom is 0.226 e. The summed E-state index contributed by atoms with van der Waals surface area (Å²) >= 11 is 3.29. The van der Waals surface area contributed by atoms with Crippen LogP contribution in [0.2, 0.25) is 0 Å². The van der Waals surface area contributed by atoms with E-state index >= 15 is 0 Å². The molecule has 1 aromatic rings. The van der Waals surface area contributed by atoms with Gasteiger partial charge in [0.2, 0.25) is 5.91 Å². The van der Waals surface area contributed by atoms with Crippen molar-refractivity contribution in [2.24, 2.45) is 0 Å². The van der Waals surface area contributed by atoms with Crippen LogP contribution in [0.3, 0.4) is 0 Å². The number of aromatic nitrogens is 1. The lowest BCUT2D eigenvalue weighted by Gasteiger charge is -2.30. The quantitative estimate of drug-likeness (QED) is 0.810. The van der Waals surface area contributed by atoms with Crippen molar-refractivity contribution in [3.8, 4) is 0 Å². The molecule has 0 aromatic carbocycles. The third kappa shape index (κ3) is 4.44. The first kappa shape index (κ1) is 15.8. The number of amides is 1. The molecule has 1 fully saturated rings. The van der Waals surface area contributed by atoms with Gasteiger partial charge in [-0.2, -0.15) is 0 Å². The van der Waals surface area contributed by atoms with Crippen LogP contribution in [0.25, 0.3) is 0 Å². The van der Waals surface area contributed by atoms with E-state index in [-0.39, 0.29) is 18.1 Å². The van der Waals surface area contributed by atoms with Crippen LogP contribution in [-0.2, 0) is 20.7 Å². The smallest absolute Gasteiger partial charge is 0.226 e. The molecule has 1 saturated heterocycles. The molecule has 0 unspecified atom stereocenters. The Balaban J connectivity index is 1.84. The summed E-state index contributed by atoms with van der Waals surface area (Å²) in [7, 11) is 1.67. The molecule has 7 heteroatoms. The second kappa shape index (κ2) is 7.97. The topological polar surface area (TPSA) is 60.5 Å². The fraction of sp³-hybridized carbons (Fsp3) is 0.692. The van der Waals surface area contributed by atoms with Gasteiger partial charge in [0.1, 0.15) is 4.34 Å². The highest BCUT2D eigenvalue weighted by atomic mass is 32.2. The lowest BCUT2D eigenvalue weighted by Crippen LogP contribution is -2.50. The Labute approximate surface area is 127 Å². The van der Waals surface area contributed by atoms with E-state index in [2.05, 4.69) is 17.2 Å². The van der Waals surface area contributed by atoms with E-state index in [0.717, 1.165) is 22.2 Å². The first-order valence-corrected chi connectivity index (χ1v) is 8.56. The van der Waals surface area contributed by atoms with Crippen LogP contribution in [0.5, 0.6) is 0 Å². The second-order valence-electron chi connectivity index (χ2n) is 4.53. The van der Waals surface area contributed by atoms with Crippen LogP contribution < -0.4 is 5.32 Å². The largest absolute Gasteiger partial charge is 0.379 e. The van der Waals surface area contributed by atoms with Crippen molar-refractivity contribution < 1.29 is 14.3 Å². The van der Waals surface area contributed by atoms with Gasteiger partial charge in [0.05, 0.1) is 30.9 Å². The van der Waals surface area contributed by atoms with Crippen molar-refractivity contribution in [2.45, 2.75) is 36.3 Å². The van der Waals surface area contributed by atoms with Crippen LogP contribution >= 0.6 is 23.1 Å². The normalized spacial score (nSPS) is 22.7. The van der Waals surface area contributed by atoms with Gasteiger partial charge < -0.3 is 14.8 Å². The number of nitrogens with one attached hydrogen (secondary N) is 1. The average Bonchev–Trinajstić information content (AvgIpc) is 2.87. The minimum atomic E-state index is -0.0654. The number of ether oxygens (including phenoxy) is 2. The number of hydrogen-bond donors (Lipinski definition) is 1. The molecule has 0 radical (unpaired) electrons. The fourth-order valence-corrected chi connectivity index (χ4v) is 3.86. The summed E-state index contributed by atoms with van der Waals surface area (Å²) in [5.41, 5.74) is 0.828. The van der Waals surface area contributed by atoms with E-state index in [0.29, 0.717) is 19.6 Å². The Morgan fingerprint density at radius 1 is 1.70 bits per heavy atom. The Morgan fingerprint density at radius 3 is 3.30 bits per heavy atom. The van der Waals surface area contributed by atoms with Crippen molar-refractivity contribution in [3.63, 3.8) is 0 Å². The number of methoxy groups -OCH3 is 1. The Hall–Kier alpha value is -0.630. The van der Waals surface area contributed by atoms with Gasteiger partial charge in [-0.05, 0) is 12.2 Å². The van der Waals surface area contributed by atoms with Gasteiger partial charge in [-0.25, -0.2) is 4.98 Å². The van der Waals surface area contributed by atoms with E-state index in [9.17, 15) is 4.79 Å². The van der Waals surface area contributed by atoms with E-state index in [1.54, 1.807) is 30.2 Å². The summed E-state index contributed by atoms with van der Waals surface area (Å²) in [4.78, 5) is 16.5. The summed E-state index contributed by atoms with van der Waals surface area (Å²) in [6.07, 6.45) is 1.16. The number of rotatable bonds is 6. The zero-order valence-electron chi connectivity index (χ0n) is 11.8. The maximum atomic E-state index is 12.0. The molecular formula is C13H20N2O3S2. The summed E-state index contributed by atoms with van der Waals surface area (Å²) in [6, 6.07) is -0.0654. The van der Waals surface area contributed by atoms with E-state index in [1.165, 1.54) is 0 Å². The zero-order valence-corrected chi connectivity index (χ0v) is 13.4. The number of thiazole rings is 1. The molecule has 1 amide bonds. The highest BCUT2D eigenvalue weighted by Gasteiger charge is 2.27. The van der Waals surface area contributed by atoms with E-state index in [1.807, 2.05) is 5.38 Å². The molecule has 1 aliphatic heterocycles. The summed E-state index contributed by atoms with van der Waals surface area (Å²) in [5, 5.41) is 4.93. The lowest BCUT2D eigenvalue weighted by atomic mass is 10.1. The minimum Gasteiger partial charge on any atom is -0.379 e. The summed E-state index contributed by atoms with van der Waals surface area (Å²) in [6.45, 7) is 3.29. The average molecular weight is 316 g/mol. The first-order chi connectivity index (χ1) is 9.72. The van der Waals surface area contributed by atoms with Crippen LogP contribution in [0.4, 0.5) is 0 Å². The molecule has 2 atom stereocenters. The number of carbonyl (C=O) groups excluding carboxylic acids is 1. The molecule has 1 N–H and O–H groups in total. The molecule has 112 valence electrons. The number of hydrogen-bond acceptors (Lipinski definition) is 6. The van der Waals surface area contributed by atoms with Crippen molar-refractivity contribution in [3.05, 3.63) is 11.1 Å². The maximum absolute atomic E-state index is 12.0. The second-order valence-corrected chi connectivity index (χ2v) is 6.90. The highest BCUT2D eigenvalue weighted by Crippen LogP contribution is 2.22. The molecule has 20 heavy (non-hydrogen) atoms. The van der Waals surface area contributed by atoms with Crippen LogP contribution in [0.1, 0.15) is 19.0 Å². The van der Waals surface area contributed by atoms with Gasteiger partial charge in [0, 0.05) is 19.1 Å². The van der Waals surface area contributed by atoms with E-state index in [4.69, 9.17) is 9.47 Å². The van der Waals surface area contributed by atoms with E-state index < -0.39 is 0 Å². The number of nitrogens with zero attached hydrogens (tertiary/aromatic N) is 1. The molecule has 5 nitrogen and oxygen atoms in total.